The van der Waals surface area contributed by atoms with Crippen LogP contribution in [0.4, 0.5) is 5.69 Å². The topological polar surface area (TPSA) is 90.3 Å². The van der Waals surface area contributed by atoms with Crippen molar-refractivity contribution in [3.63, 3.8) is 0 Å². The third kappa shape index (κ3) is 3.95. The van der Waals surface area contributed by atoms with Gasteiger partial charge in [0, 0.05) is 16.3 Å². The summed E-state index contributed by atoms with van der Waals surface area (Å²) in [5.41, 5.74) is 4.20. The third-order valence-electron chi connectivity index (χ3n) is 4.89. The van der Waals surface area contributed by atoms with Crippen LogP contribution in [0.5, 0.6) is 11.5 Å². The van der Waals surface area contributed by atoms with E-state index in [9.17, 15) is 4.79 Å². The number of halogens is 1. The molecular formula is C22H16ClN5O3S. The maximum Gasteiger partial charge on any atom is 0.257 e. The zero-order valence-electron chi connectivity index (χ0n) is 16.8. The molecule has 1 aliphatic rings. The molecule has 0 fully saturated rings. The molecule has 0 saturated carbocycles. The molecule has 8 nitrogen and oxygen atoms in total. The number of aromatic nitrogens is 3. The highest BCUT2D eigenvalue weighted by atomic mass is 35.5. The molecule has 32 heavy (non-hydrogen) atoms. The fraction of sp³-hybridized carbons (Fsp3) is 0.0909. The van der Waals surface area contributed by atoms with Crippen molar-refractivity contribution in [1.82, 2.24) is 20.3 Å². The summed E-state index contributed by atoms with van der Waals surface area (Å²) in [6.07, 6.45) is 0. The molecule has 0 bridgehead atoms. The van der Waals surface area contributed by atoms with Crippen LogP contribution in [0.3, 0.4) is 0 Å². The van der Waals surface area contributed by atoms with Gasteiger partial charge in [-0.3, -0.25) is 10.1 Å². The molecule has 160 valence electrons. The molecular weight excluding hydrogens is 450 g/mol. The Bertz CT molecular complexity index is 1390. The van der Waals surface area contributed by atoms with Crippen LogP contribution in [0.15, 0.2) is 54.6 Å². The summed E-state index contributed by atoms with van der Waals surface area (Å²) in [4.78, 5) is 14.0. The zero-order valence-corrected chi connectivity index (χ0v) is 18.3. The number of hydrogen-bond donors (Lipinski definition) is 2. The van der Waals surface area contributed by atoms with Crippen molar-refractivity contribution in [3.05, 3.63) is 70.7 Å². The van der Waals surface area contributed by atoms with E-state index in [-0.39, 0.29) is 17.8 Å². The van der Waals surface area contributed by atoms with Gasteiger partial charge in [-0.1, -0.05) is 17.7 Å². The van der Waals surface area contributed by atoms with Crippen LogP contribution in [0.2, 0.25) is 5.02 Å². The van der Waals surface area contributed by atoms with E-state index < -0.39 is 0 Å². The predicted molar refractivity (Wildman–Crippen MR) is 125 cm³/mol. The molecule has 0 radical (unpaired) electrons. The van der Waals surface area contributed by atoms with Crippen LogP contribution in [0.25, 0.3) is 16.7 Å². The number of hydrogen-bond acceptors (Lipinski definition) is 6. The van der Waals surface area contributed by atoms with E-state index in [2.05, 4.69) is 20.8 Å². The molecule has 1 aliphatic heterocycles. The Morgan fingerprint density at radius 1 is 1.03 bits per heavy atom. The van der Waals surface area contributed by atoms with Crippen LogP contribution < -0.4 is 20.1 Å². The molecule has 0 unspecified atom stereocenters. The van der Waals surface area contributed by atoms with Gasteiger partial charge >= 0.3 is 0 Å². The normalized spacial score (nSPS) is 12.1. The van der Waals surface area contributed by atoms with Gasteiger partial charge in [-0.05, 0) is 73.2 Å². The molecule has 4 aromatic rings. The second-order valence-electron chi connectivity index (χ2n) is 7.10. The van der Waals surface area contributed by atoms with Gasteiger partial charge in [-0.25, -0.2) is 0 Å². The van der Waals surface area contributed by atoms with Crippen molar-refractivity contribution in [2.24, 2.45) is 0 Å². The summed E-state index contributed by atoms with van der Waals surface area (Å²) >= 11 is 11.5. The number of benzene rings is 3. The number of carbonyl (C=O) groups is 1. The van der Waals surface area contributed by atoms with Gasteiger partial charge in [-0.15, -0.1) is 10.2 Å². The Balaban J connectivity index is 1.30. The highest BCUT2D eigenvalue weighted by molar-refractivity contribution is 7.80. The summed E-state index contributed by atoms with van der Waals surface area (Å²) in [5, 5.41) is 15.5. The monoisotopic (exact) mass is 465 g/mol. The average Bonchev–Trinajstić information content (AvgIpc) is 3.41. The van der Waals surface area contributed by atoms with Crippen LogP contribution in [0.1, 0.15) is 15.9 Å². The summed E-state index contributed by atoms with van der Waals surface area (Å²) < 4.78 is 10.6. The number of ether oxygens (including phenoxy) is 2. The molecule has 0 spiro atoms. The first-order valence-corrected chi connectivity index (χ1v) is 10.4. The average molecular weight is 466 g/mol. The second-order valence-corrected chi connectivity index (χ2v) is 7.92. The lowest BCUT2D eigenvalue weighted by Crippen LogP contribution is -2.34. The van der Waals surface area contributed by atoms with Crippen molar-refractivity contribution >= 4 is 51.6 Å². The largest absolute Gasteiger partial charge is 0.454 e. The SMILES string of the molecule is Cc1ccc(-n2nc3ccc(NC(=S)NC(=O)c4ccc5c(c4)OCO5)cc3n2)cc1Cl. The minimum atomic E-state index is -0.357. The number of thiocarbonyl (C=S) groups is 1. The van der Waals surface area contributed by atoms with Crippen molar-refractivity contribution < 1.29 is 14.3 Å². The van der Waals surface area contributed by atoms with Crippen molar-refractivity contribution in [2.45, 2.75) is 6.92 Å². The Hall–Kier alpha value is -3.69. The summed E-state index contributed by atoms with van der Waals surface area (Å²) in [6, 6.07) is 16.0. The van der Waals surface area contributed by atoms with E-state index in [1.807, 2.05) is 37.3 Å². The van der Waals surface area contributed by atoms with Crippen molar-refractivity contribution in [1.29, 1.82) is 0 Å². The first-order valence-electron chi connectivity index (χ1n) is 9.62. The maximum absolute atomic E-state index is 12.5. The lowest BCUT2D eigenvalue weighted by molar-refractivity contribution is 0.0977. The lowest BCUT2D eigenvalue weighted by atomic mass is 10.2. The maximum atomic E-state index is 12.5. The van der Waals surface area contributed by atoms with E-state index in [0.717, 1.165) is 11.3 Å². The number of anilines is 1. The van der Waals surface area contributed by atoms with Gasteiger partial charge in [-0.2, -0.15) is 4.80 Å². The van der Waals surface area contributed by atoms with Crippen molar-refractivity contribution in [3.8, 4) is 17.2 Å². The van der Waals surface area contributed by atoms with Gasteiger partial charge in [0.15, 0.2) is 16.6 Å². The Morgan fingerprint density at radius 3 is 2.69 bits per heavy atom. The molecule has 0 atom stereocenters. The Kier molecular flexibility index (Phi) is 5.12. The third-order valence-corrected chi connectivity index (χ3v) is 5.50. The van der Waals surface area contributed by atoms with Gasteiger partial charge in [0.25, 0.3) is 5.91 Å². The molecule has 1 amide bonds. The molecule has 10 heteroatoms. The number of nitrogens with one attached hydrogen (secondary N) is 2. The number of nitrogens with zero attached hydrogens (tertiary/aromatic N) is 3. The van der Waals surface area contributed by atoms with Crippen LogP contribution in [-0.2, 0) is 0 Å². The molecule has 3 aromatic carbocycles. The van der Waals surface area contributed by atoms with E-state index in [4.69, 9.17) is 33.3 Å². The molecule has 0 aliphatic carbocycles. The number of carbonyl (C=O) groups excluding carboxylic acids is 1. The van der Waals surface area contributed by atoms with E-state index >= 15 is 0 Å². The van der Waals surface area contributed by atoms with Crippen molar-refractivity contribution in [2.75, 3.05) is 12.1 Å². The van der Waals surface area contributed by atoms with Crippen LogP contribution in [-0.4, -0.2) is 32.8 Å². The van der Waals surface area contributed by atoms with Crippen LogP contribution in [0, 0.1) is 6.92 Å². The van der Waals surface area contributed by atoms with Crippen LogP contribution >= 0.6 is 23.8 Å². The van der Waals surface area contributed by atoms with Gasteiger partial charge < -0.3 is 14.8 Å². The quantitative estimate of drug-likeness (QED) is 0.437. The molecule has 2 N–H and O–H groups in total. The molecule has 2 heterocycles. The van der Waals surface area contributed by atoms with Gasteiger partial charge in [0.1, 0.15) is 11.0 Å². The number of fused-ring (bicyclic) bond motifs is 2. The van der Waals surface area contributed by atoms with E-state index in [1.54, 1.807) is 24.3 Å². The fourth-order valence-corrected chi connectivity index (χ4v) is 3.57. The molecule has 0 saturated heterocycles. The fourth-order valence-electron chi connectivity index (χ4n) is 3.19. The smallest absolute Gasteiger partial charge is 0.257 e. The highest BCUT2D eigenvalue weighted by Gasteiger charge is 2.17. The second kappa shape index (κ2) is 8.10. The highest BCUT2D eigenvalue weighted by Crippen LogP contribution is 2.32. The van der Waals surface area contributed by atoms with E-state index in [0.29, 0.717) is 38.8 Å². The number of amides is 1. The van der Waals surface area contributed by atoms with Gasteiger partial charge in [0.05, 0.1) is 5.69 Å². The Labute approximate surface area is 193 Å². The summed E-state index contributed by atoms with van der Waals surface area (Å²) in [6.45, 7) is 2.08. The lowest BCUT2D eigenvalue weighted by Gasteiger charge is -2.09. The van der Waals surface area contributed by atoms with E-state index in [1.165, 1.54) is 4.80 Å². The zero-order chi connectivity index (χ0) is 22.2. The Morgan fingerprint density at radius 2 is 1.84 bits per heavy atom. The number of rotatable bonds is 3. The minimum Gasteiger partial charge on any atom is -0.454 e. The molecule has 1 aromatic heterocycles. The first kappa shape index (κ1) is 20.2. The summed E-state index contributed by atoms with van der Waals surface area (Å²) in [5.74, 6) is 0.778. The summed E-state index contributed by atoms with van der Waals surface area (Å²) in [7, 11) is 0. The number of aryl methyl sites for hydroxylation is 1. The van der Waals surface area contributed by atoms with Gasteiger partial charge in [0.2, 0.25) is 6.79 Å². The standard InChI is InChI=1S/C22H16ClN5O3S/c1-12-2-5-15(10-16(12)23)28-26-17-6-4-14(9-18(17)27-28)24-22(32)25-21(29)13-3-7-19-20(8-13)31-11-30-19/h2-10H,11H2,1H3,(H2,24,25,29,32). The molecule has 5 rings (SSSR count). The predicted octanol–water partition coefficient (Wildman–Crippen LogP) is 4.24. The first-order chi connectivity index (χ1) is 15.5. The minimum absolute atomic E-state index is 0.143.